The van der Waals surface area contributed by atoms with Gasteiger partial charge in [-0.25, -0.2) is 9.37 Å². The number of nitrogens with one attached hydrogen (secondary N) is 3. The van der Waals surface area contributed by atoms with Crippen molar-refractivity contribution in [3.63, 3.8) is 0 Å². The van der Waals surface area contributed by atoms with E-state index in [4.69, 9.17) is 4.84 Å². The topological polar surface area (TPSA) is 119 Å². The molecular formula is C28H32FN5O3. The monoisotopic (exact) mass is 505 g/mol. The van der Waals surface area contributed by atoms with Crippen LogP contribution >= 0.6 is 0 Å². The number of carbonyl (C=O) groups is 1. The molecule has 9 heteroatoms. The largest absolute Gasteiger partial charge is 0.387 e. The Morgan fingerprint density at radius 3 is 2.38 bits per heavy atom. The van der Waals surface area contributed by atoms with Crippen LogP contribution in [0.25, 0.3) is 0 Å². The molecule has 8 nitrogen and oxygen atoms in total. The smallest absolute Gasteiger partial charge is 0.255 e. The van der Waals surface area contributed by atoms with Gasteiger partial charge in [0.2, 0.25) is 0 Å². The second-order valence-electron chi connectivity index (χ2n) is 9.80. The van der Waals surface area contributed by atoms with Gasteiger partial charge in [-0.1, -0.05) is 24.3 Å². The van der Waals surface area contributed by atoms with Crippen LogP contribution in [0, 0.1) is 17.1 Å². The fourth-order valence-electron chi connectivity index (χ4n) is 3.14. The van der Waals surface area contributed by atoms with Gasteiger partial charge in [-0.2, -0.15) is 5.26 Å². The maximum absolute atomic E-state index is 13.2. The number of anilines is 2. The lowest BCUT2D eigenvalue weighted by molar-refractivity contribution is -0.130. The maximum atomic E-state index is 13.2. The summed E-state index contributed by atoms with van der Waals surface area (Å²) in [6.45, 7) is 9.11. The molecule has 0 fully saturated rings. The minimum Gasteiger partial charge on any atom is -0.387 e. The van der Waals surface area contributed by atoms with E-state index < -0.39 is 17.1 Å². The van der Waals surface area contributed by atoms with E-state index in [-0.39, 0.29) is 23.0 Å². The third-order valence-electron chi connectivity index (χ3n) is 6.29. The molecule has 3 rings (SSSR count). The minimum absolute atomic E-state index is 0.230. The zero-order valence-electron chi connectivity index (χ0n) is 21.6. The van der Waals surface area contributed by atoms with Crippen molar-refractivity contribution < 1.29 is 19.1 Å². The van der Waals surface area contributed by atoms with Crippen LogP contribution < -0.4 is 16.1 Å². The van der Waals surface area contributed by atoms with Gasteiger partial charge in [-0.15, -0.1) is 0 Å². The van der Waals surface area contributed by atoms with E-state index in [2.05, 4.69) is 21.1 Å². The standard InChI is InChI=1S/C28H32FN5O3/c1-18(21-8-10-22(29)11-9-21)33-26(35)24-14-20(15-30)17-32-25(24)31-16-19-6-12-23(13-7-19)34-37-28(4,5)27(2,3)36/h6-14,17-18,34,36H,16H2,1-5H3,(H,31,32)(H,33,35). The number of hydrogen-bond acceptors (Lipinski definition) is 7. The lowest BCUT2D eigenvalue weighted by atomic mass is 9.90. The highest BCUT2D eigenvalue weighted by atomic mass is 19.1. The second kappa shape index (κ2) is 11.4. The van der Waals surface area contributed by atoms with Gasteiger partial charge in [0, 0.05) is 12.7 Å². The number of rotatable bonds is 10. The molecule has 0 aliphatic rings. The fourth-order valence-corrected chi connectivity index (χ4v) is 3.14. The van der Waals surface area contributed by atoms with E-state index in [9.17, 15) is 19.6 Å². The van der Waals surface area contributed by atoms with Crippen molar-refractivity contribution in [3.05, 3.63) is 88.9 Å². The summed E-state index contributed by atoms with van der Waals surface area (Å²) in [4.78, 5) is 23.0. The van der Waals surface area contributed by atoms with Gasteiger partial charge in [0.25, 0.3) is 5.91 Å². The number of amides is 1. The fraction of sp³-hybridized carbons (Fsp3) is 0.321. The summed E-state index contributed by atoms with van der Waals surface area (Å²) >= 11 is 0. The van der Waals surface area contributed by atoms with Gasteiger partial charge in [-0.05, 0) is 76.1 Å². The van der Waals surface area contributed by atoms with Crippen LogP contribution in [-0.4, -0.2) is 27.2 Å². The number of benzene rings is 2. The summed E-state index contributed by atoms with van der Waals surface area (Å²) in [6, 6.07) is 16.4. The van der Waals surface area contributed by atoms with E-state index >= 15 is 0 Å². The molecule has 0 radical (unpaired) electrons. The molecule has 2 aromatic carbocycles. The molecule has 1 heterocycles. The summed E-state index contributed by atoms with van der Waals surface area (Å²) < 4.78 is 13.2. The zero-order chi connectivity index (χ0) is 27.2. The molecule has 1 unspecified atom stereocenters. The van der Waals surface area contributed by atoms with Crippen molar-refractivity contribution in [2.75, 3.05) is 10.8 Å². The molecule has 0 saturated carbocycles. The molecular weight excluding hydrogens is 473 g/mol. The predicted octanol–water partition coefficient (Wildman–Crippen LogP) is 5.09. The summed E-state index contributed by atoms with van der Waals surface area (Å²) in [5.74, 6) is -0.427. The van der Waals surface area contributed by atoms with Gasteiger partial charge in [0.1, 0.15) is 23.3 Å². The first kappa shape index (κ1) is 27.6. The number of nitrogens with zero attached hydrogens (tertiary/aromatic N) is 2. The van der Waals surface area contributed by atoms with E-state index in [1.807, 2.05) is 30.3 Å². The lowest BCUT2D eigenvalue weighted by Crippen LogP contribution is -2.48. The van der Waals surface area contributed by atoms with Gasteiger partial charge >= 0.3 is 0 Å². The van der Waals surface area contributed by atoms with Crippen LogP contribution in [0.4, 0.5) is 15.9 Å². The molecule has 37 heavy (non-hydrogen) atoms. The number of aromatic nitrogens is 1. The SMILES string of the molecule is CC(NC(=O)c1cc(C#N)cnc1NCc1ccc(NOC(C)(C)C(C)(C)O)cc1)c1ccc(F)cc1. The average Bonchev–Trinajstić information content (AvgIpc) is 2.86. The molecule has 0 saturated heterocycles. The average molecular weight is 506 g/mol. The van der Waals surface area contributed by atoms with Gasteiger partial charge in [-0.3, -0.25) is 15.1 Å². The van der Waals surface area contributed by atoms with Gasteiger partial charge in [0.05, 0.1) is 28.5 Å². The molecule has 0 spiro atoms. The van der Waals surface area contributed by atoms with E-state index in [0.717, 1.165) is 11.1 Å². The minimum atomic E-state index is -1.04. The molecule has 0 aliphatic heterocycles. The van der Waals surface area contributed by atoms with Crippen LogP contribution in [0.3, 0.4) is 0 Å². The van der Waals surface area contributed by atoms with Crippen LogP contribution in [0.15, 0.2) is 60.8 Å². The van der Waals surface area contributed by atoms with Crippen molar-refractivity contribution in [3.8, 4) is 6.07 Å². The molecule has 1 aromatic heterocycles. The maximum Gasteiger partial charge on any atom is 0.255 e. The molecule has 194 valence electrons. The van der Waals surface area contributed by atoms with Crippen LogP contribution in [0.2, 0.25) is 0 Å². The Bertz CT molecular complexity index is 1260. The Balaban J connectivity index is 1.67. The van der Waals surface area contributed by atoms with Crippen molar-refractivity contribution in [2.45, 2.75) is 58.4 Å². The summed E-state index contributed by atoms with van der Waals surface area (Å²) in [6.07, 6.45) is 1.40. The second-order valence-corrected chi connectivity index (χ2v) is 9.80. The number of aliphatic hydroxyl groups is 1. The van der Waals surface area contributed by atoms with Crippen molar-refractivity contribution in [1.82, 2.24) is 10.3 Å². The van der Waals surface area contributed by atoms with Crippen LogP contribution in [0.1, 0.15) is 67.7 Å². The Labute approximate surface area is 216 Å². The highest BCUT2D eigenvalue weighted by Crippen LogP contribution is 2.26. The summed E-state index contributed by atoms with van der Waals surface area (Å²) in [5.41, 5.74) is 3.88. The van der Waals surface area contributed by atoms with E-state index in [1.165, 1.54) is 24.4 Å². The van der Waals surface area contributed by atoms with Gasteiger partial charge in [0.15, 0.2) is 0 Å². The first-order valence-corrected chi connectivity index (χ1v) is 11.9. The number of halogens is 1. The number of carbonyl (C=O) groups excluding carboxylic acids is 1. The molecule has 3 aromatic rings. The van der Waals surface area contributed by atoms with Crippen LogP contribution in [0.5, 0.6) is 0 Å². The van der Waals surface area contributed by atoms with E-state index in [1.54, 1.807) is 46.8 Å². The third-order valence-corrected chi connectivity index (χ3v) is 6.29. The molecule has 1 atom stereocenters. The highest BCUT2D eigenvalue weighted by molar-refractivity contribution is 5.99. The molecule has 0 aliphatic carbocycles. The quantitative estimate of drug-likeness (QED) is 0.283. The summed E-state index contributed by atoms with van der Waals surface area (Å²) in [7, 11) is 0. The Hall–Kier alpha value is -4.00. The van der Waals surface area contributed by atoms with Crippen molar-refractivity contribution >= 4 is 17.4 Å². The van der Waals surface area contributed by atoms with E-state index in [0.29, 0.717) is 18.1 Å². The predicted molar refractivity (Wildman–Crippen MR) is 140 cm³/mol. The Kier molecular flexibility index (Phi) is 8.48. The number of nitriles is 1. The Morgan fingerprint density at radius 1 is 1.14 bits per heavy atom. The first-order valence-electron chi connectivity index (χ1n) is 11.9. The third kappa shape index (κ3) is 7.26. The molecule has 0 bridgehead atoms. The normalized spacial score (nSPS) is 12.4. The number of hydrogen-bond donors (Lipinski definition) is 4. The molecule has 1 amide bonds. The van der Waals surface area contributed by atoms with Crippen LogP contribution in [-0.2, 0) is 11.4 Å². The highest BCUT2D eigenvalue weighted by Gasteiger charge is 2.37. The number of pyridine rings is 1. The Morgan fingerprint density at radius 2 is 1.78 bits per heavy atom. The molecule has 4 N–H and O–H groups in total. The van der Waals surface area contributed by atoms with Crippen molar-refractivity contribution in [2.24, 2.45) is 0 Å². The van der Waals surface area contributed by atoms with Gasteiger partial charge < -0.3 is 15.7 Å². The lowest BCUT2D eigenvalue weighted by Gasteiger charge is -2.36. The zero-order valence-corrected chi connectivity index (χ0v) is 21.6. The van der Waals surface area contributed by atoms with Crippen molar-refractivity contribution in [1.29, 1.82) is 5.26 Å². The summed E-state index contributed by atoms with van der Waals surface area (Å²) in [5, 5.41) is 25.5. The first-order chi connectivity index (χ1) is 17.4.